The second kappa shape index (κ2) is 5.15. The van der Waals surface area contributed by atoms with Crippen molar-refractivity contribution in [1.82, 2.24) is 0 Å². The van der Waals surface area contributed by atoms with Crippen molar-refractivity contribution < 1.29 is 5.11 Å². The molecule has 0 aliphatic carbocycles. The summed E-state index contributed by atoms with van der Waals surface area (Å²) in [5.74, 6) is 5.04. The molecule has 0 unspecified atom stereocenters. The summed E-state index contributed by atoms with van der Waals surface area (Å²) in [4.78, 5) is 0. The highest BCUT2D eigenvalue weighted by Gasteiger charge is 1.88. The van der Waals surface area contributed by atoms with Gasteiger partial charge in [-0.05, 0) is 6.42 Å². The minimum atomic E-state index is -1.10. The molecule has 0 aliphatic rings. The van der Waals surface area contributed by atoms with E-state index in [-0.39, 0.29) is 0 Å². The molecule has 1 N–H and O–H groups in total. The quantitative estimate of drug-likeness (QED) is 0.411. The summed E-state index contributed by atoms with van der Waals surface area (Å²) in [5, 5.41) is 16.6. The highest BCUT2D eigenvalue weighted by molar-refractivity contribution is 5.12. The number of aliphatic hydroxyl groups is 1. The van der Waals surface area contributed by atoms with Crippen LogP contribution in [0.4, 0.5) is 0 Å². The molecule has 0 fully saturated rings. The van der Waals surface area contributed by atoms with Gasteiger partial charge >= 0.3 is 0 Å². The van der Waals surface area contributed by atoms with E-state index in [2.05, 4.69) is 11.8 Å². The molecule has 0 radical (unpaired) electrons. The first-order chi connectivity index (χ1) is 4.31. The van der Waals surface area contributed by atoms with Gasteiger partial charge in [-0.15, -0.1) is 0 Å². The monoisotopic (exact) mass is 123 g/mol. The number of nitrogens with zero attached hydrogens (tertiary/aromatic N) is 1. The number of nitriles is 1. The van der Waals surface area contributed by atoms with Crippen molar-refractivity contribution in [3.05, 3.63) is 0 Å². The maximum Gasteiger partial charge on any atom is 0.202 e. The fourth-order valence-electron chi connectivity index (χ4n) is 0.326. The van der Waals surface area contributed by atoms with E-state index in [1.807, 2.05) is 6.92 Å². The van der Waals surface area contributed by atoms with Gasteiger partial charge in [-0.2, -0.15) is 5.26 Å². The maximum atomic E-state index is 8.55. The molecule has 0 rings (SSSR count). The molecule has 2 heteroatoms. The lowest BCUT2D eigenvalue weighted by atomic mass is 10.3. The van der Waals surface area contributed by atoms with Crippen LogP contribution in [0.5, 0.6) is 0 Å². The van der Waals surface area contributed by atoms with Crippen molar-refractivity contribution in [2.24, 2.45) is 0 Å². The van der Waals surface area contributed by atoms with Gasteiger partial charge in [0.05, 0.1) is 0 Å². The van der Waals surface area contributed by atoms with Gasteiger partial charge in [-0.25, -0.2) is 0 Å². The Hall–Kier alpha value is -0.990. The van der Waals surface area contributed by atoms with E-state index in [0.29, 0.717) is 0 Å². The molecular weight excluding hydrogens is 114 g/mol. The van der Waals surface area contributed by atoms with Crippen LogP contribution in [0, 0.1) is 23.2 Å². The van der Waals surface area contributed by atoms with E-state index < -0.39 is 6.10 Å². The summed E-state index contributed by atoms with van der Waals surface area (Å²) in [6.07, 6.45) is 0.612. The van der Waals surface area contributed by atoms with Crippen LogP contribution in [0.25, 0.3) is 0 Å². The van der Waals surface area contributed by atoms with Crippen LogP contribution in [0.3, 0.4) is 0 Å². The average Bonchev–Trinajstić information content (AvgIpc) is 1.89. The van der Waals surface area contributed by atoms with Crippen LogP contribution in [0.1, 0.15) is 19.8 Å². The zero-order valence-electron chi connectivity index (χ0n) is 5.39. The van der Waals surface area contributed by atoms with E-state index in [9.17, 15) is 0 Å². The van der Waals surface area contributed by atoms with E-state index >= 15 is 0 Å². The highest BCUT2D eigenvalue weighted by atomic mass is 16.3. The first-order valence-corrected chi connectivity index (χ1v) is 2.87. The molecule has 2 nitrogen and oxygen atoms in total. The van der Waals surface area contributed by atoms with E-state index in [1.54, 1.807) is 6.07 Å². The third kappa shape index (κ3) is 4.87. The van der Waals surface area contributed by atoms with E-state index in [4.69, 9.17) is 10.4 Å². The third-order valence-electron chi connectivity index (χ3n) is 0.736. The Labute approximate surface area is 55.1 Å². The number of rotatable bonds is 1. The zero-order valence-corrected chi connectivity index (χ0v) is 5.39. The van der Waals surface area contributed by atoms with Gasteiger partial charge in [0.15, 0.2) is 0 Å². The number of aliphatic hydroxyl groups excluding tert-OH is 1. The van der Waals surface area contributed by atoms with Gasteiger partial charge in [0.25, 0.3) is 0 Å². The topological polar surface area (TPSA) is 44.0 Å². The van der Waals surface area contributed by atoms with Crippen molar-refractivity contribution in [3.63, 3.8) is 0 Å². The molecular formula is C7H9NO. The lowest BCUT2D eigenvalue weighted by molar-refractivity contribution is 0.287. The van der Waals surface area contributed by atoms with Crippen molar-refractivity contribution in [1.29, 1.82) is 5.26 Å². The summed E-state index contributed by atoms with van der Waals surface area (Å²) in [6, 6.07) is 1.61. The van der Waals surface area contributed by atoms with E-state index in [1.165, 1.54) is 0 Å². The van der Waals surface area contributed by atoms with Gasteiger partial charge in [0, 0.05) is 6.42 Å². The van der Waals surface area contributed by atoms with Gasteiger partial charge in [0.1, 0.15) is 6.07 Å². The standard InChI is InChI=1S/C7H9NO/c1-2-3-4-5-7(9)6-8/h7,9H,2-3H2,1H3/t7-/m0/s1. The average molecular weight is 123 g/mol. The third-order valence-corrected chi connectivity index (χ3v) is 0.736. The predicted octanol–water partition coefficient (Wildman–Crippen LogP) is 0.674. The SMILES string of the molecule is CCCC#C[C@H](O)C#N. The van der Waals surface area contributed by atoms with Crippen molar-refractivity contribution >= 4 is 0 Å². The lowest BCUT2D eigenvalue weighted by Crippen LogP contribution is -1.95. The van der Waals surface area contributed by atoms with Crippen LogP contribution in [0.15, 0.2) is 0 Å². The molecule has 0 aromatic carbocycles. The summed E-state index contributed by atoms with van der Waals surface area (Å²) in [6.45, 7) is 1.99. The fraction of sp³-hybridized carbons (Fsp3) is 0.571. The molecule has 0 amide bonds. The summed E-state index contributed by atoms with van der Waals surface area (Å²) >= 11 is 0. The Morgan fingerprint density at radius 3 is 2.78 bits per heavy atom. The van der Waals surface area contributed by atoms with Gasteiger partial charge in [-0.3, -0.25) is 0 Å². The van der Waals surface area contributed by atoms with E-state index in [0.717, 1.165) is 12.8 Å². The molecule has 0 aromatic rings. The molecule has 0 heterocycles. The first-order valence-electron chi connectivity index (χ1n) is 2.87. The number of unbranched alkanes of at least 4 members (excludes halogenated alkanes) is 1. The Morgan fingerprint density at radius 1 is 1.67 bits per heavy atom. The highest BCUT2D eigenvalue weighted by Crippen LogP contribution is 1.82. The Balaban J connectivity index is 3.49. The minimum absolute atomic E-state index is 0.749. The summed E-state index contributed by atoms with van der Waals surface area (Å²) in [7, 11) is 0. The Bertz CT molecular complexity index is 158. The van der Waals surface area contributed by atoms with Crippen LogP contribution in [-0.2, 0) is 0 Å². The Morgan fingerprint density at radius 2 is 2.33 bits per heavy atom. The molecule has 0 spiro atoms. The number of hydrogen-bond acceptors (Lipinski definition) is 2. The van der Waals surface area contributed by atoms with Crippen molar-refractivity contribution in [2.75, 3.05) is 0 Å². The molecule has 9 heavy (non-hydrogen) atoms. The van der Waals surface area contributed by atoms with Gasteiger partial charge in [0.2, 0.25) is 6.10 Å². The number of hydrogen-bond donors (Lipinski definition) is 1. The largest absolute Gasteiger partial charge is 0.368 e. The summed E-state index contributed by atoms with van der Waals surface area (Å²) < 4.78 is 0. The first kappa shape index (κ1) is 8.01. The smallest absolute Gasteiger partial charge is 0.202 e. The molecule has 0 bridgehead atoms. The Kier molecular flexibility index (Phi) is 4.59. The molecule has 0 saturated heterocycles. The normalized spacial score (nSPS) is 10.8. The van der Waals surface area contributed by atoms with Gasteiger partial charge < -0.3 is 5.11 Å². The van der Waals surface area contributed by atoms with Crippen LogP contribution in [0.2, 0.25) is 0 Å². The van der Waals surface area contributed by atoms with Crippen molar-refractivity contribution in [3.8, 4) is 17.9 Å². The molecule has 48 valence electrons. The predicted molar refractivity (Wildman–Crippen MR) is 34.3 cm³/mol. The summed E-state index contributed by atoms with van der Waals surface area (Å²) in [5.41, 5.74) is 0. The second-order valence-corrected chi connectivity index (χ2v) is 1.60. The lowest BCUT2D eigenvalue weighted by Gasteiger charge is -1.82. The molecule has 0 aromatic heterocycles. The minimum Gasteiger partial charge on any atom is -0.368 e. The second-order valence-electron chi connectivity index (χ2n) is 1.60. The fourth-order valence-corrected chi connectivity index (χ4v) is 0.326. The molecule has 0 aliphatic heterocycles. The molecule has 1 atom stereocenters. The zero-order chi connectivity index (χ0) is 7.11. The van der Waals surface area contributed by atoms with Crippen molar-refractivity contribution in [2.45, 2.75) is 25.9 Å². The van der Waals surface area contributed by atoms with Crippen LogP contribution in [-0.4, -0.2) is 11.2 Å². The van der Waals surface area contributed by atoms with Crippen LogP contribution < -0.4 is 0 Å². The maximum absolute atomic E-state index is 8.55. The molecule has 0 saturated carbocycles. The van der Waals surface area contributed by atoms with Gasteiger partial charge in [-0.1, -0.05) is 18.8 Å². The van der Waals surface area contributed by atoms with Crippen LogP contribution >= 0.6 is 0 Å².